The van der Waals surface area contributed by atoms with Gasteiger partial charge in [-0.05, 0) is 49.1 Å². The van der Waals surface area contributed by atoms with Crippen molar-refractivity contribution >= 4 is 17.5 Å². The summed E-state index contributed by atoms with van der Waals surface area (Å²) >= 11 is 0. The van der Waals surface area contributed by atoms with Crippen LogP contribution in [0.3, 0.4) is 0 Å². The Bertz CT molecular complexity index is 1010. The molecule has 31 heavy (non-hydrogen) atoms. The molecule has 3 rings (SSSR count). The maximum absolute atomic E-state index is 12.9. The van der Waals surface area contributed by atoms with E-state index in [-0.39, 0.29) is 31.0 Å². The second-order valence-corrected chi connectivity index (χ2v) is 8.05. The van der Waals surface area contributed by atoms with Gasteiger partial charge in [0.1, 0.15) is 17.4 Å². The lowest BCUT2D eigenvalue weighted by molar-refractivity contribution is -0.141. The number of hydrogen-bond donors (Lipinski definition) is 1. The maximum atomic E-state index is 12.9. The van der Waals surface area contributed by atoms with Gasteiger partial charge in [0.05, 0.1) is 0 Å². The van der Waals surface area contributed by atoms with Gasteiger partial charge in [-0.2, -0.15) is 13.2 Å². The van der Waals surface area contributed by atoms with E-state index in [0.717, 1.165) is 34.5 Å². The van der Waals surface area contributed by atoms with Crippen LogP contribution < -0.4 is 5.32 Å². The van der Waals surface area contributed by atoms with E-state index in [0.29, 0.717) is 5.56 Å². The number of amides is 1. The van der Waals surface area contributed by atoms with Crippen molar-refractivity contribution in [2.45, 2.75) is 52.3 Å². The van der Waals surface area contributed by atoms with Crippen LogP contribution in [0.2, 0.25) is 0 Å². The molecular weight excluding hydrogens is 409 g/mol. The summed E-state index contributed by atoms with van der Waals surface area (Å²) in [7, 11) is 0. The van der Waals surface area contributed by atoms with E-state index in [1.165, 1.54) is 6.07 Å². The van der Waals surface area contributed by atoms with Crippen molar-refractivity contribution in [3.05, 3.63) is 64.0 Å². The minimum atomic E-state index is -4.53. The van der Waals surface area contributed by atoms with Gasteiger partial charge in [0, 0.05) is 31.5 Å². The zero-order valence-corrected chi connectivity index (χ0v) is 17.5. The highest BCUT2D eigenvalue weighted by Gasteiger charge is 2.43. The molecule has 2 unspecified atom stereocenters. The number of alkyl halides is 3. The predicted molar refractivity (Wildman–Crippen MR) is 107 cm³/mol. The fourth-order valence-electron chi connectivity index (χ4n) is 4.17. The van der Waals surface area contributed by atoms with Crippen LogP contribution in [-0.2, 0) is 27.1 Å². The van der Waals surface area contributed by atoms with E-state index in [4.69, 9.17) is 0 Å². The number of pyridine rings is 1. The Balaban J connectivity index is 1.63. The van der Waals surface area contributed by atoms with Crippen molar-refractivity contribution in [1.29, 1.82) is 0 Å². The standard InChI is InChI=1S/C23H23F3N2O3/c1-12-6-13(2)20(14(3)7-12)21-17(29)8-16(22(21)31)9-19(30)28-11-15-4-5-18(27-10-15)23(24,25)26/h4-7,10,16,21H,8-9,11H2,1-3H3,(H,28,30). The molecule has 0 saturated heterocycles. The number of hydrogen-bond acceptors (Lipinski definition) is 4. The molecule has 1 N–H and O–H groups in total. The summed E-state index contributed by atoms with van der Waals surface area (Å²) in [6.45, 7) is 5.67. The highest BCUT2D eigenvalue weighted by molar-refractivity contribution is 6.15. The summed E-state index contributed by atoms with van der Waals surface area (Å²) in [5, 5.41) is 2.58. The number of nitrogens with one attached hydrogen (secondary N) is 1. The zero-order valence-electron chi connectivity index (χ0n) is 17.5. The van der Waals surface area contributed by atoms with Crippen molar-refractivity contribution in [3.8, 4) is 0 Å². The first kappa shape index (κ1) is 22.7. The normalized spacial score (nSPS) is 19.0. The maximum Gasteiger partial charge on any atom is 0.433 e. The third-order valence-corrected chi connectivity index (χ3v) is 5.52. The van der Waals surface area contributed by atoms with Crippen molar-refractivity contribution in [3.63, 3.8) is 0 Å². The number of rotatable bonds is 5. The summed E-state index contributed by atoms with van der Waals surface area (Å²) < 4.78 is 37.7. The average molecular weight is 432 g/mol. The largest absolute Gasteiger partial charge is 0.433 e. The topological polar surface area (TPSA) is 76.1 Å². The van der Waals surface area contributed by atoms with E-state index < -0.39 is 29.6 Å². The fraction of sp³-hybridized carbons (Fsp3) is 0.391. The second-order valence-electron chi connectivity index (χ2n) is 8.05. The van der Waals surface area contributed by atoms with Crippen LogP contribution in [0.4, 0.5) is 13.2 Å². The number of ketones is 2. The van der Waals surface area contributed by atoms with Crippen LogP contribution in [-0.4, -0.2) is 22.5 Å². The summed E-state index contributed by atoms with van der Waals surface area (Å²) in [5.41, 5.74) is 2.92. The van der Waals surface area contributed by atoms with Crippen molar-refractivity contribution in [2.75, 3.05) is 0 Å². The zero-order chi connectivity index (χ0) is 22.9. The summed E-state index contributed by atoms with van der Waals surface area (Å²) in [4.78, 5) is 41.2. The Hall–Kier alpha value is -3.03. The summed E-state index contributed by atoms with van der Waals surface area (Å²) in [6, 6.07) is 5.94. The van der Waals surface area contributed by atoms with Crippen molar-refractivity contribution in [2.24, 2.45) is 5.92 Å². The van der Waals surface area contributed by atoms with E-state index in [9.17, 15) is 27.6 Å². The third kappa shape index (κ3) is 5.00. The minimum Gasteiger partial charge on any atom is -0.352 e. The van der Waals surface area contributed by atoms with Crippen LogP contribution in [0.5, 0.6) is 0 Å². The first-order valence-electron chi connectivity index (χ1n) is 9.90. The molecule has 0 bridgehead atoms. The second kappa shape index (κ2) is 8.61. The Morgan fingerprint density at radius 3 is 2.32 bits per heavy atom. The predicted octanol–water partition coefficient (Wildman–Crippen LogP) is 3.97. The molecule has 1 amide bonds. The molecule has 1 aromatic heterocycles. The molecule has 0 spiro atoms. The van der Waals surface area contributed by atoms with E-state index in [1.54, 1.807) is 0 Å². The third-order valence-electron chi connectivity index (χ3n) is 5.52. The summed E-state index contributed by atoms with van der Waals surface area (Å²) in [6.07, 6.45) is -3.61. The number of aryl methyl sites for hydroxylation is 3. The first-order chi connectivity index (χ1) is 14.5. The fourth-order valence-corrected chi connectivity index (χ4v) is 4.17. The first-order valence-corrected chi connectivity index (χ1v) is 9.90. The number of aromatic nitrogens is 1. The number of carbonyl (C=O) groups excluding carboxylic acids is 3. The molecular formula is C23H23F3N2O3. The van der Waals surface area contributed by atoms with Gasteiger partial charge in [-0.3, -0.25) is 19.4 Å². The Kier molecular flexibility index (Phi) is 6.29. The van der Waals surface area contributed by atoms with E-state index in [1.807, 2.05) is 32.9 Å². The quantitative estimate of drug-likeness (QED) is 0.726. The number of Topliss-reactive ketones (excluding diaryl/α,β-unsaturated/α-hetero) is 2. The minimum absolute atomic E-state index is 0.00547. The molecule has 1 fully saturated rings. The molecule has 0 radical (unpaired) electrons. The Labute approximate surface area is 178 Å². The van der Waals surface area contributed by atoms with Gasteiger partial charge in [0.15, 0.2) is 5.78 Å². The summed E-state index contributed by atoms with van der Waals surface area (Å²) in [5.74, 6) is -2.44. The Morgan fingerprint density at radius 1 is 1.13 bits per heavy atom. The SMILES string of the molecule is Cc1cc(C)c(C2C(=O)CC(CC(=O)NCc3ccc(C(F)(F)F)nc3)C2=O)c(C)c1. The smallest absolute Gasteiger partial charge is 0.352 e. The van der Waals surface area contributed by atoms with Crippen molar-refractivity contribution in [1.82, 2.24) is 10.3 Å². The van der Waals surface area contributed by atoms with Crippen LogP contribution >= 0.6 is 0 Å². The molecule has 0 aliphatic heterocycles. The van der Waals surface area contributed by atoms with Crippen LogP contribution in [0.1, 0.15) is 52.3 Å². The van der Waals surface area contributed by atoms with Gasteiger partial charge in [-0.15, -0.1) is 0 Å². The average Bonchev–Trinajstić information content (AvgIpc) is 2.93. The molecule has 1 aliphatic carbocycles. The van der Waals surface area contributed by atoms with Gasteiger partial charge in [0.25, 0.3) is 0 Å². The number of carbonyl (C=O) groups is 3. The van der Waals surface area contributed by atoms with E-state index >= 15 is 0 Å². The molecule has 8 heteroatoms. The number of halogens is 3. The molecule has 5 nitrogen and oxygen atoms in total. The molecule has 2 atom stereocenters. The number of nitrogens with zero attached hydrogens (tertiary/aromatic N) is 1. The molecule has 1 aliphatic rings. The van der Waals surface area contributed by atoms with E-state index in [2.05, 4.69) is 10.3 Å². The van der Waals surface area contributed by atoms with Crippen LogP contribution in [0.15, 0.2) is 30.5 Å². The van der Waals surface area contributed by atoms with Gasteiger partial charge >= 0.3 is 6.18 Å². The van der Waals surface area contributed by atoms with Gasteiger partial charge in [-0.1, -0.05) is 23.8 Å². The van der Waals surface area contributed by atoms with Crippen molar-refractivity contribution < 1.29 is 27.6 Å². The lowest BCUT2D eigenvalue weighted by Crippen LogP contribution is -2.27. The van der Waals surface area contributed by atoms with Gasteiger partial charge < -0.3 is 5.32 Å². The van der Waals surface area contributed by atoms with Gasteiger partial charge in [0.2, 0.25) is 5.91 Å². The monoisotopic (exact) mass is 432 g/mol. The lowest BCUT2D eigenvalue weighted by Gasteiger charge is -2.16. The molecule has 1 aromatic carbocycles. The van der Waals surface area contributed by atoms with Crippen LogP contribution in [0, 0.1) is 26.7 Å². The highest BCUT2D eigenvalue weighted by atomic mass is 19.4. The molecule has 1 heterocycles. The molecule has 1 saturated carbocycles. The number of benzene rings is 1. The van der Waals surface area contributed by atoms with Crippen LogP contribution in [0.25, 0.3) is 0 Å². The lowest BCUT2D eigenvalue weighted by atomic mass is 9.86. The highest BCUT2D eigenvalue weighted by Crippen LogP contribution is 2.37. The Morgan fingerprint density at radius 2 is 1.77 bits per heavy atom. The molecule has 2 aromatic rings. The molecule has 164 valence electrons. The van der Waals surface area contributed by atoms with Gasteiger partial charge in [-0.25, -0.2) is 0 Å².